The predicted molar refractivity (Wildman–Crippen MR) is 132 cm³/mol. The molecule has 168 valence electrons. The van der Waals surface area contributed by atoms with Crippen molar-refractivity contribution in [2.24, 2.45) is 0 Å². The minimum atomic E-state index is -0.561. The highest BCUT2D eigenvalue weighted by atomic mass is 35.5. The average molecular weight is 462 g/mol. The van der Waals surface area contributed by atoms with Crippen LogP contribution in [0.3, 0.4) is 0 Å². The van der Waals surface area contributed by atoms with Gasteiger partial charge in [-0.1, -0.05) is 50.2 Å². The number of hydrogen-bond donors (Lipinski definition) is 3. The highest BCUT2D eigenvalue weighted by Gasteiger charge is 2.28. The van der Waals surface area contributed by atoms with Gasteiger partial charge < -0.3 is 16.0 Å². The number of thioether (sulfide) groups is 1. The number of anilines is 1. The van der Waals surface area contributed by atoms with Crippen LogP contribution in [0.5, 0.6) is 0 Å². The number of hydrogen-bond acceptors (Lipinski definition) is 4. The monoisotopic (exact) mass is 461 g/mol. The van der Waals surface area contributed by atoms with Gasteiger partial charge in [-0.05, 0) is 59.6 Å². The molecule has 3 N–H and O–H groups in total. The number of rotatable bonds is 8. The van der Waals surface area contributed by atoms with Crippen LogP contribution in [0.15, 0.2) is 48.5 Å². The van der Waals surface area contributed by atoms with Crippen molar-refractivity contribution in [3.8, 4) is 0 Å². The van der Waals surface area contributed by atoms with E-state index in [0.717, 1.165) is 11.4 Å². The Kier molecular flexibility index (Phi) is 9.88. The summed E-state index contributed by atoms with van der Waals surface area (Å²) in [5.41, 5.74) is 4.39. The normalized spacial score (nSPS) is 16.1. The minimum absolute atomic E-state index is 0. The molecule has 0 aliphatic carbocycles. The molecule has 2 atom stereocenters. The number of nitrogens with one attached hydrogen (secondary N) is 3. The van der Waals surface area contributed by atoms with Crippen LogP contribution in [0, 0.1) is 0 Å². The van der Waals surface area contributed by atoms with Crippen LogP contribution in [0.4, 0.5) is 5.69 Å². The van der Waals surface area contributed by atoms with Crippen LogP contribution >= 0.6 is 24.2 Å². The zero-order valence-electron chi connectivity index (χ0n) is 18.3. The lowest BCUT2D eigenvalue weighted by Gasteiger charge is -2.27. The van der Waals surface area contributed by atoms with Gasteiger partial charge in [0.1, 0.15) is 6.04 Å². The molecule has 0 saturated heterocycles. The highest BCUT2D eigenvalue weighted by Crippen LogP contribution is 2.18. The smallest absolute Gasteiger partial charge is 0.246 e. The lowest BCUT2D eigenvalue weighted by molar-refractivity contribution is -0.128. The third-order valence-corrected chi connectivity index (χ3v) is 6.13. The Morgan fingerprint density at radius 1 is 1.10 bits per heavy atom. The number of amides is 2. The molecule has 1 aliphatic heterocycles. The van der Waals surface area contributed by atoms with Crippen molar-refractivity contribution in [2.75, 3.05) is 17.3 Å². The summed E-state index contributed by atoms with van der Waals surface area (Å²) in [7, 11) is 0. The van der Waals surface area contributed by atoms with E-state index in [1.807, 2.05) is 42.7 Å². The molecule has 0 unspecified atom stereocenters. The van der Waals surface area contributed by atoms with Crippen molar-refractivity contribution >= 4 is 41.7 Å². The first-order chi connectivity index (χ1) is 14.5. The Labute approximate surface area is 195 Å². The zero-order valence-corrected chi connectivity index (χ0v) is 19.9. The van der Waals surface area contributed by atoms with Gasteiger partial charge in [0.05, 0.1) is 6.04 Å². The molecule has 2 aromatic rings. The second kappa shape index (κ2) is 12.1. The fourth-order valence-corrected chi connectivity index (χ4v) is 4.07. The SMILES string of the molecule is CSCC[C@H](NC(=O)[C@@H]1Cc2ccccc2CN1)C(=O)Nc1ccc(C(C)C)cc1.Cl. The van der Waals surface area contributed by atoms with Crippen LogP contribution in [0.1, 0.15) is 42.9 Å². The fourth-order valence-electron chi connectivity index (χ4n) is 3.60. The summed E-state index contributed by atoms with van der Waals surface area (Å²) in [6, 6.07) is 15.2. The first-order valence-corrected chi connectivity index (χ1v) is 11.9. The van der Waals surface area contributed by atoms with Crippen LogP contribution in [0.25, 0.3) is 0 Å². The third-order valence-electron chi connectivity index (χ3n) is 5.49. The molecule has 1 heterocycles. The molecular formula is C24H32ClN3O2S. The van der Waals surface area contributed by atoms with E-state index in [9.17, 15) is 9.59 Å². The van der Waals surface area contributed by atoms with Gasteiger partial charge in [0.2, 0.25) is 11.8 Å². The Morgan fingerprint density at radius 3 is 2.42 bits per heavy atom. The van der Waals surface area contributed by atoms with Gasteiger partial charge in [-0.25, -0.2) is 0 Å². The number of benzene rings is 2. The quantitative estimate of drug-likeness (QED) is 0.553. The summed E-state index contributed by atoms with van der Waals surface area (Å²) in [5.74, 6) is 0.939. The molecule has 3 rings (SSSR count). The summed E-state index contributed by atoms with van der Waals surface area (Å²) < 4.78 is 0. The number of halogens is 1. The first-order valence-electron chi connectivity index (χ1n) is 10.5. The molecule has 0 saturated carbocycles. The average Bonchev–Trinajstić information content (AvgIpc) is 2.76. The van der Waals surface area contributed by atoms with Gasteiger partial charge in [-0.15, -0.1) is 12.4 Å². The lowest BCUT2D eigenvalue weighted by Crippen LogP contribution is -2.53. The van der Waals surface area contributed by atoms with Crippen LogP contribution in [-0.4, -0.2) is 35.9 Å². The Hall–Kier alpha value is -2.02. The molecule has 0 bridgehead atoms. The van der Waals surface area contributed by atoms with E-state index < -0.39 is 6.04 Å². The van der Waals surface area contributed by atoms with Crippen molar-refractivity contribution in [3.05, 3.63) is 65.2 Å². The summed E-state index contributed by atoms with van der Waals surface area (Å²) in [4.78, 5) is 25.8. The molecule has 31 heavy (non-hydrogen) atoms. The van der Waals surface area contributed by atoms with E-state index in [0.29, 0.717) is 25.3 Å². The summed E-state index contributed by atoms with van der Waals surface area (Å²) in [6.45, 7) is 4.94. The minimum Gasteiger partial charge on any atom is -0.343 e. The van der Waals surface area contributed by atoms with Gasteiger partial charge in [0, 0.05) is 12.2 Å². The Bertz CT molecular complexity index is 873. The van der Waals surface area contributed by atoms with Gasteiger partial charge in [0.25, 0.3) is 0 Å². The molecule has 1 aliphatic rings. The highest BCUT2D eigenvalue weighted by molar-refractivity contribution is 7.98. The van der Waals surface area contributed by atoms with E-state index >= 15 is 0 Å². The second-order valence-corrected chi connectivity index (χ2v) is 9.00. The maximum atomic E-state index is 12.9. The largest absolute Gasteiger partial charge is 0.343 e. The second-order valence-electron chi connectivity index (χ2n) is 8.01. The fraction of sp³-hybridized carbons (Fsp3) is 0.417. The van der Waals surface area contributed by atoms with Crippen LogP contribution < -0.4 is 16.0 Å². The van der Waals surface area contributed by atoms with Crippen molar-refractivity contribution in [1.82, 2.24) is 10.6 Å². The molecule has 2 aromatic carbocycles. The van der Waals surface area contributed by atoms with Crippen molar-refractivity contribution in [2.45, 2.75) is 51.2 Å². The van der Waals surface area contributed by atoms with E-state index in [2.05, 4.69) is 41.9 Å². The van der Waals surface area contributed by atoms with E-state index in [4.69, 9.17) is 0 Å². The number of carbonyl (C=O) groups excluding carboxylic acids is 2. The molecule has 7 heteroatoms. The number of carbonyl (C=O) groups is 2. The number of fused-ring (bicyclic) bond motifs is 1. The van der Waals surface area contributed by atoms with Gasteiger partial charge in [0.15, 0.2) is 0 Å². The summed E-state index contributed by atoms with van der Waals surface area (Å²) in [6.07, 6.45) is 3.22. The molecule has 0 spiro atoms. The molecule has 0 radical (unpaired) electrons. The van der Waals surface area contributed by atoms with Gasteiger partial charge >= 0.3 is 0 Å². The maximum absolute atomic E-state index is 12.9. The van der Waals surface area contributed by atoms with Crippen molar-refractivity contribution in [3.63, 3.8) is 0 Å². The standard InChI is InChI=1S/C24H31N3O2S.ClH/c1-16(2)17-8-10-20(11-9-17)26-23(28)21(12-13-30-3)27-24(29)22-14-18-6-4-5-7-19(18)15-25-22;/h4-11,16,21-22,25H,12-15H2,1-3H3,(H,26,28)(H,27,29);1H/t21-,22-;/m0./s1. The summed E-state index contributed by atoms with van der Waals surface area (Å²) in [5, 5.41) is 9.23. The predicted octanol–water partition coefficient (Wildman–Crippen LogP) is 4.12. The topological polar surface area (TPSA) is 70.2 Å². The van der Waals surface area contributed by atoms with Crippen molar-refractivity contribution < 1.29 is 9.59 Å². The summed E-state index contributed by atoms with van der Waals surface area (Å²) >= 11 is 1.67. The molecule has 5 nitrogen and oxygen atoms in total. The van der Waals surface area contributed by atoms with Gasteiger partial charge in [-0.3, -0.25) is 9.59 Å². The Morgan fingerprint density at radius 2 is 1.77 bits per heavy atom. The van der Waals surface area contributed by atoms with E-state index in [1.54, 1.807) is 11.8 Å². The first kappa shape index (κ1) is 25.2. The Balaban J connectivity index is 0.00000341. The van der Waals surface area contributed by atoms with Crippen LogP contribution in [-0.2, 0) is 22.6 Å². The third kappa shape index (κ3) is 6.99. The maximum Gasteiger partial charge on any atom is 0.246 e. The van der Waals surface area contributed by atoms with Crippen molar-refractivity contribution in [1.29, 1.82) is 0 Å². The molecular weight excluding hydrogens is 430 g/mol. The molecule has 0 fully saturated rings. The van der Waals surface area contributed by atoms with E-state index in [-0.39, 0.29) is 30.3 Å². The lowest BCUT2D eigenvalue weighted by atomic mass is 9.95. The van der Waals surface area contributed by atoms with E-state index in [1.165, 1.54) is 16.7 Å². The van der Waals surface area contributed by atoms with Gasteiger partial charge in [-0.2, -0.15) is 11.8 Å². The molecule has 2 amide bonds. The molecule has 0 aromatic heterocycles. The zero-order chi connectivity index (χ0) is 21.5. The van der Waals surface area contributed by atoms with Crippen LogP contribution in [0.2, 0.25) is 0 Å².